The molecular formula is C24H31N3O4S. The molecule has 0 saturated carbocycles. The minimum absolute atomic E-state index is 0.0839. The van der Waals surface area contributed by atoms with Crippen molar-refractivity contribution < 1.29 is 17.9 Å². The van der Waals surface area contributed by atoms with Crippen molar-refractivity contribution in [3.63, 3.8) is 0 Å². The van der Waals surface area contributed by atoms with Crippen molar-refractivity contribution in [3.05, 3.63) is 60.2 Å². The lowest BCUT2D eigenvalue weighted by molar-refractivity contribution is -0.125. The van der Waals surface area contributed by atoms with Gasteiger partial charge in [-0.15, -0.1) is 0 Å². The zero-order chi connectivity index (χ0) is 22.6. The maximum absolute atomic E-state index is 13.2. The number of rotatable bonds is 7. The van der Waals surface area contributed by atoms with Gasteiger partial charge in [0.05, 0.1) is 12.0 Å². The van der Waals surface area contributed by atoms with Gasteiger partial charge in [-0.1, -0.05) is 30.3 Å². The second-order valence-corrected chi connectivity index (χ2v) is 10.4. The average Bonchev–Trinajstić information content (AvgIpc) is 3.32. The number of methoxy groups -OCH3 is 1. The van der Waals surface area contributed by atoms with Gasteiger partial charge in [-0.25, -0.2) is 8.42 Å². The minimum atomic E-state index is -3.73. The molecule has 2 fully saturated rings. The summed E-state index contributed by atoms with van der Waals surface area (Å²) in [4.78, 5) is 15.6. The Morgan fingerprint density at radius 2 is 1.69 bits per heavy atom. The second-order valence-electron chi connectivity index (χ2n) is 8.49. The van der Waals surface area contributed by atoms with Crippen molar-refractivity contribution >= 4 is 15.9 Å². The molecule has 8 heteroatoms. The molecule has 0 bridgehead atoms. The Morgan fingerprint density at radius 1 is 1.00 bits per heavy atom. The summed E-state index contributed by atoms with van der Waals surface area (Å²) in [5.41, 5.74) is 1.29. The second kappa shape index (κ2) is 10.0. The van der Waals surface area contributed by atoms with E-state index in [-0.39, 0.29) is 16.8 Å². The van der Waals surface area contributed by atoms with Gasteiger partial charge in [-0.3, -0.25) is 9.69 Å². The standard InChI is InChI=1S/C24H31N3O4S/c1-31-21-9-11-22(12-10-21)32(29,30)27-15-5-8-23(27)24(28)25-20-13-16-26(17-14-20)18-19-6-3-2-4-7-19/h2-4,6-7,9-12,20,23H,5,8,13-18H2,1H3,(H,25,28). The van der Waals surface area contributed by atoms with Crippen LogP contribution in [-0.2, 0) is 21.4 Å². The van der Waals surface area contributed by atoms with Crippen LogP contribution in [0, 0.1) is 0 Å². The number of piperidine rings is 1. The molecule has 2 aliphatic heterocycles. The number of carbonyl (C=O) groups is 1. The summed E-state index contributed by atoms with van der Waals surface area (Å²) in [6.07, 6.45) is 2.98. The monoisotopic (exact) mass is 457 g/mol. The molecule has 1 unspecified atom stereocenters. The third-order valence-corrected chi connectivity index (χ3v) is 8.28. The topological polar surface area (TPSA) is 79.0 Å². The van der Waals surface area contributed by atoms with Gasteiger partial charge >= 0.3 is 0 Å². The van der Waals surface area contributed by atoms with E-state index in [1.165, 1.54) is 29.1 Å². The van der Waals surface area contributed by atoms with Gasteiger partial charge in [0.15, 0.2) is 0 Å². The Hall–Kier alpha value is -2.42. The first-order valence-electron chi connectivity index (χ1n) is 11.2. The number of benzene rings is 2. The van der Waals surface area contributed by atoms with E-state index in [9.17, 15) is 13.2 Å². The van der Waals surface area contributed by atoms with Crippen LogP contribution in [0.1, 0.15) is 31.2 Å². The highest BCUT2D eigenvalue weighted by atomic mass is 32.2. The Bertz CT molecular complexity index is 1000. The minimum Gasteiger partial charge on any atom is -0.497 e. The number of amides is 1. The molecule has 1 amide bonds. The van der Waals surface area contributed by atoms with Gasteiger partial charge in [-0.05, 0) is 55.5 Å². The van der Waals surface area contributed by atoms with Crippen LogP contribution in [0.25, 0.3) is 0 Å². The lowest BCUT2D eigenvalue weighted by Gasteiger charge is -2.33. The highest BCUT2D eigenvalue weighted by Gasteiger charge is 2.40. The maximum Gasteiger partial charge on any atom is 0.243 e. The molecule has 2 aromatic carbocycles. The van der Waals surface area contributed by atoms with Gasteiger partial charge in [0.25, 0.3) is 0 Å². The van der Waals surface area contributed by atoms with E-state index in [2.05, 4.69) is 34.5 Å². The fraction of sp³-hybridized carbons (Fsp3) is 0.458. The van der Waals surface area contributed by atoms with Gasteiger partial charge < -0.3 is 10.1 Å². The van der Waals surface area contributed by atoms with Gasteiger partial charge in [-0.2, -0.15) is 4.31 Å². The number of nitrogens with zero attached hydrogens (tertiary/aromatic N) is 2. The molecule has 1 N–H and O–H groups in total. The van der Waals surface area contributed by atoms with Crippen molar-refractivity contribution in [2.24, 2.45) is 0 Å². The number of carbonyl (C=O) groups excluding carboxylic acids is 1. The average molecular weight is 458 g/mol. The number of nitrogens with one attached hydrogen (secondary N) is 1. The Labute approximate surface area is 190 Å². The highest BCUT2D eigenvalue weighted by molar-refractivity contribution is 7.89. The molecule has 2 aliphatic rings. The van der Waals surface area contributed by atoms with Crippen LogP contribution < -0.4 is 10.1 Å². The van der Waals surface area contributed by atoms with E-state index >= 15 is 0 Å². The van der Waals surface area contributed by atoms with Crippen LogP contribution in [0.15, 0.2) is 59.5 Å². The smallest absolute Gasteiger partial charge is 0.243 e. The summed E-state index contributed by atoms with van der Waals surface area (Å²) < 4.78 is 32.8. The number of ether oxygens (including phenoxy) is 1. The van der Waals surface area contributed by atoms with Crippen LogP contribution >= 0.6 is 0 Å². The molecular weight excluding hydrogens is 426 g/mol. The van der Waals surface area contributed by atoms with Crippen LogP contribution in [0.4, 0.5) is 0 Å². The van der Waals surface area contributed by atoms with Crippen molar-refractivity contribution in [1.29, 1.82) is 0 Å². The highest BCUT2D eigenvalue weighted by Crippen LogP contribution is 2.27. The predicted octanol–water partition coefficient (Wildman–Crippen LogP) is 2.63. The van der Waals surface area contributed by atoms with Crippen LogP contribution in [-0.4, -0.2) is 62.4 Å². The fourth-order valence-electron chi connectivity index (χ4n) is 4.55. The van der Waals surface area contributed by atoms with Crippen LogP contribution in [0.3, 0.4) is 0 Å². The molecule has 1 atom stereocenters. The zero-order valence-corrected chi connectivity index (χ0v) is 19.3. The summed E-state index contributed by atoms with van der Waals surface area (Å²) in [6.45, 7) is 3.11. The molecule has 4 rings (SSSR count). The van der Waals surface area contributed by atoms with Crippen LogP contribution in [0.2, 0.25) is 0 Å². The number of hydrogen-bond acceptors (Lipinski definition) is 5. The molecule has 2 heterocycles. The third kappa shape index (κ3) is 5.14. The molecule has 0 aromatic heterocycles. The van der Waals surface area contributed by atoms with E-state index in [0.29, 0.717) is 25.1 Å². The van der Waals surface area contributed by atoms with Gasteiger partial charge in [0.2, 0.25) is 15.9 Å². The molecule has 0 radical (unpaired) electrons. The Kier molecular flexibility index (Phi) is 7.13. The number of hydrogen-bond donors (Lipinski definition) is 1. The van der Waals surface area contributed by atoms with E-state index in [1.54, 1.807) is 12.1 Å². The summed E-state index contributed by atoms with van der Waals surface area (Å²) in [7, 11) is -2.20. The molecule has 0 spiro atoms. The van der Waals surface area contributed by atoms with Crippen molar-refractivity contribution in [1.82, 2.24) is 14.5 Å². The normalized spacial score (nSPS) is 20.8. The molecule has 32 heavy (non-hydrogen) atoms. The number of likely N-dealkylation sites (tertiary alicyclic amines) is 1. The largest absolute Gasteiger partial charge is 0.497 e. The fourth-order valence-corrected chi connectivity index (χ4v) is 6.20. The van der Waals surface area contributed by atoms with Gasteiger partial charge in [0.1, 0.15) is 11.8 Å². The molecule has 2 saturated heterocycles. The molecule has 172 valence electrons. The third-order valence-electron chi connectivity index (χ3n) is 6.36. The van der Waals surface area contributed by atoms with Crippen LogP contribution in [0.5, 0.6) is 5.75 Å². The molecule has 0 aliphatic carbocycles. The molecule has 2 aromatic rings. The van der Waals surface area contributed by atoms with Crippen molar-refractivity contribution in [2.45, 2.75) is 49.2 Å². The predicted molar refractivity (Wildman–Crippen MR) is 123 cm³/mol. The van der Waals surface area contributed by atoms with E-state index in [1.807, 2.05) is 6.07 Å². The first-order valence-corrected chi connectivity index (χ1v) is 12.6. The van der Waals surface area contributed by atoms with E-state index < -0.39 is 16.1 Å². The summed E-state index contributed by atoms with van der Waals surface area (Å²) in [5, 5.41) is 3.13. The van der Waals surface area contributed by atoms with E-state index in [0.717, 1.165) is 32.5 Å². The SMILES string of the molecule is COc1ccc(S(=O)(=O)N2CCCC2C(=O)NC2CCN(Cc3ccccc3)CC2)cc1. The summed E-state index contributed by atoms with van der Waals surface area (Å²) in [5.74, 6) is 0.416. The van der Waals surface area contributed by atoms with Gasteiger partial charge in [0, 0.05) is 32.2 Å². The summed E-state index contributed by atoms with van der Waals surface area (Å²) >= 11 is 0. The van der Waals surface area contributed by atoms with Crippen molar-refractivity contribution in [3.8, 4) is 5.75 Å². The maximum atomic E-state index is 13.2. The summed E-state index contributed by atoms with van der Waals surface area (Å²) in [6, 6.07) is 16.1. The number of sulfonamides is 1. The Balaban J connectivity index is 1.33. The lowest BCUT2D eigenvalue weighted by Crippen LogP contribution is -2.51. The quantitative estimate of drug-likeness (QED) is 0.692. The first kappa shape index (κ1) is 22.8. The first-order chi connectivity index (χ1) is 15.5. The Morgan fingerprint density at radius 3 is 2.34 bits per heavy atom. The van der Waals surface area contributed by atoms with E-state index in [4.69, 9.17) is 4.74 Å². The lowest BCUT2D eigenvalue weighted by atomic mass is 10.0. The zero-order valence-electron chi connectivity index (χ0n) is 18.4. The molecule has 7 nitrogen and oxygen atoms in total. The van der Waals surface area contributed by atoms with Crippen molar-refractivity contribution in [2.75, 3.05) is 26.7 Å².